The highest BCUT2D eigenvalue weighted by molar-refractivity contribution is 5.77. The summed E-state index contributed by atoms with van der Waals surface area (Å²) in [6.45, 7) is 3.66. The van der Waals surface area contributed by atoms with Gasteiger partial charge in [-0.3, -0.25) is 4.99 Å². The van der Waals surface area contributed by atoms with E-state index in [0.717, 1.165) is 32.4 Å². The molecule has 0 amide bonds. The van der Waals surface area contributed by atoms with Gasteiger partial charge in [0.05, 0.1) is 0 Å². The molecular formula is C13H21N3O. The molecule has 1 rings (SSSR count). The number of aromatic hydroxyl groups is 1. The Morgan fingerprint density at radius 1 is 1.35 bits per heavy atom. The second-order valence-electron chi connectivity index (χ2n) is 3.96. The minimum atomic E-state index is 0.308. The molecule has 0 saturated heterocycles. The zero-order chi connectivity index (χ0) is 12.5. The van der Waals surface area contributed by atoms with Crippen molar-refractivity contribution in [1.82, 2.24) is 5.32 Å². The third-order valence-electron chi connectivity index (χ3n) is 2.39. The summed E-state index contributed by atoms with van der Waals surface area (Å²) in [6.07, 6.45) is 2.97. The van der Waals surface area contributed by atoms with Gasteiger partial charge in [-0.1, -0.05) is 19.1 Å². The molecule has 17 heavy (non-hydrogen) atoms. The highest BCUT2D eigenvalue weighted by atomic mass is 16.3. The minimum absolute atomic E-state index is 0.308. The van der Waals surface area contributed by atoms with Crippen LogP contribution in [0.15, 0.2) is 29.3 Å². The van der Waals surface area contributed by atoms with E-state index in [4.69, 9.17) is 10.8 Å². The summed E-state index contributed by atoms with van der Waals surface area (Å²) >= 11 is 0. The normalized spacial score (nSPS) is 11.5. The van der Waals surface area contributed by atoms with E-state index in [1.165, 1.54) is 5.56 Å². The molecule has 94 valence electrons. The predicted octanol–water partition coefficient (Wildman–Crippen LogP) is 1.64. The molecule has 0 saturated carbocycles. The lowest BCUT2D eigenvalue weighted by Gasteiger charge is -2.05. The Morgan fingerprint density at radius 3 is 2.71 bits per heavy atom. The second-order valence-corrected chi connectivity index (χ2v) is 3.96. The highest BCUT2D eigenvalue weighted by Gasteiger charge is 1.95. The number of rotatable bonds is 6. The molecule has 0 unspecified atom stereocenters. The van der Waals surface area contributed by atoms with Crippen molar-refractivity contribution in [2.45, 2.75) is 26.2 Å². The smallest absolute Gasteiger partial charge is 0.188 e. The SMILES string of the molecule is CCCN=C(N)NCCCc1ccc(O)cc1. The molecule has 4 nitrogen and oxygen atoms in total. The van der Waals surface area contributed by atoms with Crippen LogP contribution in [0.3, 0.4) is 0 Å². The molecule has 0 aliphatic carbocycles. The molecule has 1 aromatic carbocycles. The fraction of sp³-hybridized carbons (Fsp3) is 0.462. The largest absolute Gasteiger partial charge is 0.508 e. The summed E-state index contributed by atoms with van der Waals surface area (Å²) < 4.78 is 0. The Bertz CT molecular complexity index is 346. The number of phenolic OH excluding ortho intramolecular Hbond substituents is 1. The van der Waals surface area contributed by atoms with Gasteiger partial charge >= 0.3 is 0 Å². The van der Waals surface area contributed by atoms with Gasteiger partial charge in [0.2, 0.25) is 0 Å². The summed E-state index contributed by atoms with van der Waals surface area (Å²) in [5.41, 5.74) is 6.88. The topological polar surface area (TPSA) is 70.6 Å². The van der Waals surface area contributed by atoms with Gasteiger partial charge in [-0.05, 0) is 37.0 Å². The number of hydrogen-bond acceptors (Lipinski definition) is 2. The van der Waals surface area contributed by atoms with Gasteiger partial charge in [-0.15, -0.1) is 0 Å². The van der Waals surface area contributed by atoms with Crippen molar-refractivity contribution in [1.29, 1.82) is 0 Å². The van der Waals surface area contributed by atoms with Crippen LogP contribution in [-0.4, -0.2) is 24.2 Å². The number of nitrogens with zero attached hydrogens (tertiary/aromatic N) is 1. The van der Waals surface area contributed by atoms with Crippen molar-refractivity contribution in [2.75, 3.05) is 13.1 Å². The Kier molecular flexibility index (Phi) is 5.93. The lowest BCUT2D eigenvalue weighted by molar-refractivity contribution is 0.475. The molecule has 0 aliphatic heterocycles. The highest BCUT2D eigenvalue weighted by Crippen LogP contribution is 2.10. The number of hydrogen-bond donors (Lipinski definition) is 3. The van der Waals surface area contributed by atoms with Crippen molar-refractivity contribution in [3.05, 3.63) is 29.8 Å². The van der Waals surface area contributed by atoms with Crippen LogP contribution in [-0.2, 0) is 6.42 Å². The lowest BCUT2D eigenvalue weighted by Crippen LogP contribution is -2.32. The zero-order valence-corrected chi connectivity index (χ0v) is 10.3. The summed E-state index contributed by atoms with van der Waals surface area (Å²) in [5, 5.41) is 12.2. The average molecular weight is 235 g/mol. The van der Waals surface area contributed by atoms with Crippen molar-refractivity contribution < 1.29 is 5.11 Å². The second kappa shape index (κ2) is 7.54. The molecule has 0 spiro atoms. The number of aliphatic imine (C=N–C) groups is 1. The van der Waals surface area contributed by atoms with E-state index in [0.29, 0.717) is 11.7 Å². The molecule has 0 heterocycles. The van der Waals surface area contributed by atoms with Gasteiger partial charge in [0, 0.05) is 13.1 Å². The van der Waals surface area contributed by atoms with Crippen LogP contribution >= 0.6 is 0 Å². The van der Waals surface area contributed by atoms with Gasteiger partial charge < -0.3 is 16.2 Å². The maximum absolute atomic E-state index is 9.14. The number of nitrogens with one attached hydrogen (secondary N) is 1. The molecule has 0 atom stereocenters. The molecule has 0 fully saturated rings. The van der Waals surface area contributed by atoms with Crippen LogP contribution < -0.4 is 11.1 Å². The maximum atomic E-state index is 9.14. The van der Waals surface area contributed by atoms with Crippen molar-refractivity contribution >= 4 is 5.96 Å². The Labute approximate surface area is 103 Å². The average Bonchev–Trinajstić information content (AvgIpc) is 2.34. The van der Waals surface area contributed by atoms with Crippen LogP contribution in [0.4, 0.5) is 0 Å². The summed E-state index contributed by atoms with van der Waals surface area (Å²) in [6, 6.07) is 7.29. The van der Waals surface area contributed by atoms with Crippen LogP contribution in [0.5, 0.6) is 5.75 Å². The van der Waals surface area contributed by atoms with E-state index in [1.54, 1.807) is 12.1 Å². The van der Waals surface area contributed by atoms with Crippen molar-refractivity contribution in [2.24, 2.45) is 10.7 Å². The first-order valence-electron chi connectivity index (χ1n) is 6.04. The van der Waals surface area contributed by atoms with Gasteiger partial charge in [0.25, 0.3) is 0 Å². The Morgan fingerprint density at radius 2 is 2.06 bits per heavy atom. The maximum Gasteiger partial charge on any atom is 0.188 e. The van der Waals surface area contributed by atoms with Crippen molar-refractivity contribution in [3.8, 4) is 5.75 Å². The first-order chi connectivity index (χ1) is 8.22. The Balaban J connectivity index is 2.18. The van der Waals surface area contributed by atoms with Crippen LogP contribution in [0, 0.1) is 0 Å². The minimum Gasteiger partial charge on any atom is -0.508 e. The fourth-order valence-electron chi connectivity index (χ4n) is 1.46. The molecule has 0 radical (unpaired) electrons. The van der Waals surface area contributed by atoms with Gasteiger partial charge in [-0.2, -0.15) is 0 Å². The standard InChI is InChI=1S/C13H21N3O/c1-2-9-15-13(14)16-10-3-4-11-5-7-12(17)8-6-11/h5-8,17H,2-4,9-10H2,1H3,(H3,14,15,16). The number of aryl methyl sites for hydroxylation is 1. The van der Waals surface area contributed by atoms with Crippen LogP contribution in [0.2, 0.25) is 0 Å². The molecule has 0 bridgehead atoms. The number of phenols is 1. The molecule has 0 aromatic heterocycles. The fourth-order valence-corrected chi connectivity index (χ4v) is 1.46. The molecule has 4 heteroatoms. The van der Waals surface area contributed by atoms with Crippen LogP contribution in [0.1, 0.15) is 25.3 Å². The molecule has 0 aliphatic rings. The van der Waals surface area contributed by atoms with E-state index in [-0.39, 0.29) is 0 Å². The quantitative estimate of drug-likeness (QED) is 0.399. The molecule has 1 aromatic rings. The number of benzene rings is 1. The monoisotopic (exact) mass is 235 g/mol. The number of nitrogens with two attached hydrogens (primary N) is 1. The van der Waals surface area contributed by atoms with Gasteiger partial charge in [0.15, 0.2) is 5.96 Å². The third-order valence-corrected chi connectivity index (χ3v) is 2.39. The lowest BCUT2D eigenvalue weighted by atomic mass is 10.1. The summed E-state index contributed by atoms with van der Waals surface area (Å²) in [4.78, 5) is 4.15. The van der Waals surface area contributed by atoms with E-state index < -0.39 is 0 Å². The zero-order valence-electron chi connectivity index (χ0n) is 10.3. The van der Waals surface area contributed by atoms with Crippen LogP contribution in [0.25, 0.3) is 0 Å². The third kappa shape index (κ3) is 5.80. The summed E-state index contributed by atoms with van der Waals surface area (Å²) in [7, 11) is 0. The van der Waals surface area contributed by atoms with E-state index in [9.17, 15) is 0 Å². The molecular weight excluding hydrogens is 214 g/mol. The van der Waals surface area contributed by atoms with Gasteiger partial charge in [-0.25, -0.2) is 0 Å². The predicted molar refractivity (Wildman–Crippen MR) is 71.2 cm³/mol. The van der Waals surface area contributed by atoms with E-state index in [1.807, 2.05) is 12.1 Å². The van der Waals surface area contributed by atoms with E-state index in [2.05, 4.69) is 17.2 Å². The molecule has 4 N–H and O–H groups in total. The van der Waals surface area contributed by atoms with Gasteiger partial charge in [0.1, 0.15) is 5.75 Å². The Hall–Kier alpha value is -1.71. The van der Waals surface area contributed by atoms with Crippen molar-refractivity contribution in [3.63, 3.8) is 0 Å². The van der Waals surface area contributed by atoms with E-state index >= 15 is 0 Å². The summed E-state index contributed by atoms with van der Waals surface area (Å²) in [5.74, 6) is 0.834. The number of guanidine groups is 1. The first-order valence-corrected chi connectivity index (χ1v) is 6.04. The first kappa shape index (κ1) is 13.4.